The third-order valence-electron chi connectivity index (χ3n) is 2.01. The molecule has 0 aliphatic heterocycles. The number of nitrogens with zero attached hydrogens (tertiary/aromatic N) is 2. The van der Waals surface area contributed by atoms with Gasteiger partial charge in [-0.05, 0) is 19.1 Å². The Morgan fingerprint density at radius 2 is 2.33 bits per heavy atom. The Balaban J connectivity index is 2.65. The highest BCUT2D eigenvalue weighted by molar-refractivity contribution is 6.30. The van der Waals surface area contributed by atoms with Crippen LogP contribution in [0.2, 0.25) is 5.02 Å². The van der Waals surface area contributed by atoms with E-state index in [9.17, 15) is 4.79 Å². The van der Waals surface area contributed by atoms with E-state index in [0.29, 0.717) is 11.6 Å². The molecule has 0 amide bonds. The Labute approximate surface area is 93.5 Å². The summed E-state index contributed by atoms with van der Waals surface area (Å²) in [7, 11) is 0. The Morgan fingerprint density at radius 1 is 1.60 bits per heavy atom. The lowest BCUT2D eigenvalue weighted by atomic mass is 10.3. The van der Waals surface area contributed by atoms with E-state index in [2.05, 4.69) is 4.98 Å². The number of carboxylic acids is 1. The smallest absolute Gasteiger partial charge is 0.305 e. The molecule has 0 saturated heterocycles. The van der Waals surface area contributed by atoms with Crippen LogP contribution in [0.5, 0.6) is 0 Å². The summed E-state index contributed by atoms with van der Waals surface area (Å²) in [5.74, 6) is -0.0504. The maximum absolute atomic E-state index is 10.4. The molecule has 0 aliphatic rings. The minimum atomic E-state index is -0.803. The molecule has 82 valence electrons. The first-order valence-corrected chi connectivity index (χ1v) is 5.09. The summed E-state index contributed by atoms with van der Waals surface area (Å²) in [4.78, 5) is 16.5. The van der Waals surface area contributed by atoms with Gasteiger partial charge in [0.05, 0.1) is 11.4 Å². The van der Waals surface area contributed by atoms with E-state index in [1.165, 1.54) is 0 Å². The van der Waals surface area contributed by atoms with E-state index in [4.69, 9.17) is 16.7 Å². The fourth-order valence-corrected chi connectivity index (χ4v) is 1.33. The summed E-state index contributed by atoms with van der Waals surface area (Å²) in [5.41, 5.74) is 0. The van der Waals surface area contributed by atoms with Crippen molar-refractivity contribution in [3.05, 3.63) is 23.4 Å². The van der Waals surface area contributed by atoms with Gasteiger partial charge in [0.2, 0.25) is 0 Å². The fraction of sp³-hybridized carbons (Fsp3) is 0.400. The number of hydrogen-bond donors (Lipinski definition) is 1. The zero-order valence-corrected chi connectivity index (χ0v) is 9.24. The van der Waals surface area contributed by atoms with Crippen LogP contribution >= 0.6 is 11.6 Å². The maximum atomic E-state index is 10.4. The molecular formula is C10H13ClN2O2. The number of pyridine rings is 1. The van der Waals surface area contributed by atoms with Gasteiger partial charge >= 0.3 is 5.97 Å². The highest BCUT2D eigenvalue weighted by atomic mass is 35.5. The molecule has 1 heterocycles. The van der Waals surface area contributed by atoms with E-state index >= 15 is 0 Å². The predicted octanol–water partition coefficient (Wildman–Crippen LogP) is 2.04. The largest absolute Gasteiger partial charge is 0.481 e. The van der Waals surface area contributed by atoms with Gasteiger partial charge in [-0.15, -0.1) is 0 Å². The van der Waals surface area contributed by atoms with E-state index in [1.54, 1.807) is 18.3 Å². The first-order valence-electron chi connectivity index (χ1n) is 4.71. The summed E-state index contributed by atoms with van der Waals surface area (Å²) in [5, 5.41) is 9.16. The van der Waals surface area contributed by atoms with Crippen LogP contribution in [0.4, 0.5) is 5.82 Å². The minimum absolute atomic E-state index is 0.109. The lowest BCUT2D eigenvalue weighted by molar-refractivity contribution is -0.136. The van der Waals surface area contributed by atoms with Crippen LogP contribution in [0.3, 0.4) is 0 Å². The average Bonchev–Trinajstić information content (AvgIpc) is 2.21. The van der Waals surface area contributed by atoms with Gasteiger partial charge in [0, 0.05) is 19.3 Å². The highest BCUT2D eigenvalue weighted by Gasteiger charge is 2.07. The van der Waals surface area contributed by atoms with Crippen molar-refractivity contribution in [2.45, 2.75) is 13.3 Å². The van der Waals surface area contributed by atoms with Crippen molar-refractivity contribution in [1.29, 1.82) is 0 Å². The third kappa shape index (κ3) is 3.75. The van der Waals surface area contributed by atoms with Crippen molar-refractivity contribution in [1.82, 2.24) is 4.98 Å². The Hall–Kier alpha value is -1.29. The van der Waals surface area contributed by atoms with Crippen molar-refractivity contribution in [2.24, 2.45) is 0 Å². The van der Waals surface area contributed by atoms with Gasteiger partial charge in [0.1, 0.15) is 5.82 Å². The molecule has 5 heteroatoms. The van der Waals surface area contributed by atoms with Gasteiger partial charge in [-0.25, -0.2) is 4.98 Å². The highest BCUT2D eigenvalue weighted by Crippen LogP contribution is 2.14. The van der Waals surface area contributed by atoms with Gasteiger partial charge < -0.3 is 10.0 Å². The van der Waals surface area contributed by atoms with Crippen LogP contribution in [0.15, 0.2) is 18.3 Å². The second-order valence-electron chi connectivity index (χ2n) is 3.06. The summed E-state index contributed by atoms with van der Waals surface area (Å²) in [6.45, 7) is 3.14. The molecule has 4 nitrogen and oxygen atoms in total. The number of rotatable bonds is 5. The fourth-order valence-electron chi connectivity index (χ4n) is 1.22. The standard InChI is InChI=1S/C10H13ClN2O2/c1-2-13(6-5-10(14)15)9-4-3-8(11)7-12-9/h3-4,7H,2,5-6H2,1H3,(H,14,15). The van der Waals surface area contributed by atoms with Crippen LogP contribution in [0.1, 0.15) is 13.3 Å². The molecule has 0 fully saturated rings. The molecule has 1 aromatic rings. The number of carboxylic acid groups (broad SMARTS) is 1. The molecule has 0 aromatic carbocycles. The third-order valence-corrected chi connectivity index (χ3v) is 2.24. The molecule has 1 aromatic heterocycles. The van der Waals surface area contributed by atoms with Crippen LogP contribution < -0.4 is 4.90 Å². The molecule has 0 atom stereocenters. The van der Waals surface area contributed by atoms with Crippen molar-refractivity contribution in [2.75, 3.05) is 18.0 Å². The van der Waals surface area contributed by atoms with Crippen LogP contribution in [-0.2, 0) is 4.79 Å². The minimum Gasteiger partial charge on any atom is -0.481 e. The number of aliphatic carboxylic acids is 1. The zero-order valence-electron chi connectivity index (χ0n) is 8.48. The van der Waals surface area contributed by atoms with E-state index in [0.717, 1.165) is 12.4 Å². The summed E-state index contributed by atoms with van der Waals surface area (Å²) in [6.07, 6.45) is 1.67. The summed E-state index contributed by atoms with van der Waals surface area (Å²) in [6, 6.07) is 3.53. The molecule has 0 saturated carbocycles. The number of carbonyl (C=O) groups is 1. The normalized spacial score (nSPS) is 10.0. The lowest BCUT2D eigenvalue weighted by Crippen LogP contribution is -2.26. The second kappa shape index (κ2) is 5.56. The van der Waals surface area contributed by atoms with Gasteiger partial charge in [0.25, 0.3) is 0 Å². The van der Waals surface area contributed by atoms with E-state index < -0.39 is 5.97 Å². The number of anilines is 1. The molecule has 0 aliphatic carbocycles. The second-order valence-corrected chi connectivity index (χ2v) is 3.49. The molecule has 1 N–H and O–H groups in total. The Bertz CT molecular complexity index is 327. The van der Waals surface area contributed by atoms with Crippen LogP contribution in [0.25, 0.3) is 0 Å². The number of halogens is 1. The molecule has 0 unspecified atom stereocenters. The Morgan fingerprint density at radius 3 is 2.80 bits per heavy atom. The molecule has 0 radical (unpaired) electrons. The summed E-state index contributed by atoms with van der Waals surface area (Å²) < 4.78 is 0. The SMILES string of the molecule is CCN(CCC(=O)O)c1ccc(Cl)cn1. The maximum Gasteiger partial charge on any atom is 0.305 e. The predicted molar refractivity (Wildman–Crippen MR) is 59.4 cm³/mol. The van der Waals surface area contributed by atoms with E-state index in [-0.39, 0.29) is 6.42 Å². The van der Waals surface area contributed by atoms with Crippen LogP contribution in [0, 0.1) is 0 Å². The van der Waals surface area contributed by atoms with Gasteiger partial charge in [-0.3, -0.25) is 4.79 Å². The van der Waals surface area contributed by atoms with Crippen molar-refractivity contribution in [3.8, 4) is 0 Å². The van der Waals surface area contributed by atoms with Gasteiger partial charge in [0.15, 0.2) is 0 Å². The first-order chi connectivity index (χ1) is 7.13. The van der Waals surface area contributed by atoms with Crippen LogP contribution in [-0.4, -0.2) is 29.1 Å². The zero-order chi connectivity index (χ0) is 11.3. The monoisotopic (exact) mass is 228 g/mol. The first kappa shape index (κ1) is 11.8. The van der Waals surface area contributed by atoms with Gasteiger partial charge in [-0.1, -0.05) is 11.6 Å². The quantitative estimate of drug-likeness (QED) is 0.838. The molecule has 15 heavy (non-hydrogen) atoms. The number of hydrogen-bond acceptors (Lipinski definition) is 3. The van der Waals surface area contributed by atoms with E-state index in [1.807, 2.05) is 11.8 Å². The topological polar surface area (TPSA) is 53.4 Å². The molecule has 1 rings (SSSR count). The van der Waals surface area contributed by atoms with Crippen molar-refractivity contribution >= 4 is 23.4 Å². The van der Waals surface area contributed by atoms with Crippen molar-refractivity contribution in [3.63, 3.8) is 0 Å². The average molecular weight is 229 g/mol. The number of aromatic nitrogens is 1. The van der Waals surface area contributed by atoms with Gasteiger partial charge in [-0.2, -0.15) is 0 Å². The molecule has 0 spiro atoms. The Kier molecular flexibility index (Phi) is 4.37. The molecular weight excluding hydrogens is 216 g/mol. The van der Waals surface area contributed by atoms with Crippen molar-refractivity contribution < 1.29 is 9.90 Å². The lowest BCUT2D eigenvalue weighted by Gasteiger charge is -2.20. The molecule has 0 bridgehead atoms. The summed E-state index contributed by atoms with van der Waals surface area (Å²) >= 11 is 5.71.